The molecule has 15 heavy (non-hydrogen) atoms. The lowest BCUT2D eigenvalue weighted by molar-refractivity contribution is 0.400. The number of rotatable bonds is 5. The fourth-order valence-corrected chi connectivity index (χ4v) is 1.45. The van der Waals surface area contributed by atoms with E-state index in [2.05, 4.69) is 10.2 Å². The second-order valence-corrected chi connectivity index (χ2v) is 4.12. The molecule has 84 valence electrons. The summed E-state index contributed by atoms with van der Waals surface area (Å²) in [6.45, 7) is 4.55. The quantitative estimate of drug-likeness (QED) is 0.745. The summed E-state index contributed by atoms with van der Waals surface area (Å²) >= 11 is 0. The van der Waals surface area contributed by atoms with Crippen LogP contribution in [0.3, 0.4) is 0 Å². The van der Waals surface area contributed by atoms with E-state index in [0.29, 0.717) is 0 Å². The Morgan fingerprint density at radius 3 is 2.60 bits per heavy atom. The van der Waals surface area contributed by atoms with Crippen LogP contribution in [-0.2, 0) is 6.54 Å². The van der Waals surface area contributed by atoms with Crippen LogP contribution >= 0.6 is 0 Å². The van der Waals surface area contributed by atoms with Crippen molar-refractivity contribution in [1.29, 1.82) is 0 Å². The average Bonchev–Trinajstić information content (AvgIpc) is 2.10. The number of aryl methyl sites for hydroxylation is 1. The topological polar surface area (TPSA) is 15.3 Å². The van der Waals surface area contributed by atoms with Crippen molar-refractivity contribution in [3.63, 3.8) is 0 Å². The number of nitrogens with zero attached hydrogens (tertiary/aromatic N) is 1. The molecule has 1 aromatic carbocycles. The summed E-state index contributed by atoms with van der Waals surface area (Å²) in [5.74, 6) is -0.153. The number of halogens is 1. The maximum absolute atomic E-state index is 13.0. The van der Waals surface area contributed by atoms with Gasteiger partial charge in [0.15, 0.2) is 0 Å². The Kier molecular flexibility index (Phi) is 4.72. The Morgan fingerprint density at radius 1 is 1.27 bits per heavy atom. The minimum absolute atomic E-state index is 0.153. The molecule has 0 bridgehead atoms. The monoisotopic (exact) mass is 210 g/mol. The van der Waals surface area contributed by atoms with Crippen LogP contribution in [0.5, 0.6) is 0 Å². The number of hydrogen-bond acceptors (Lipinski definition) is 2. The molecule has 0 saturated heterocycles. The van der Waals surface area contributed by atoms with Gasteiger partial charge in [0.25, 0.3) is 0 Å². The number of hydrogen-bond donors (Lipinski definition) is 1. The minimum Gasteiger partial charge on any atom is -0.311 e. The predicted molar refractivity (Wildman–Crippen MR) is 61.4 cm³/mol. The molecule has 1 rings (SSSR count). The lowest BCUT2D eigenvalue weighted by atomic mass is 10.1. The van der Waals surface area contributed by atoms with Gasteiger partial charge in [-0.05, 0) is 44.3 Å². The summed E-state index contributed by atoms with van der Waals surface area (Å²) in [5, 5.41) is 3.28. The van der Waals surface area contributed by atoms with Crippen LogP contribution in [0.2, 0.25) is 0 Å². The van der Waals surface area contributed by atoms with Crippen molar-refractivity contribution in [3.05, 3.63) is 35.1 Å². The second-order valence-electron chi connectivity index (χ2n) is 4.12. The molecule has 0 aromatic heterocycles. The first-order valence-corrected chi connectivity index (χ1v) is 5.19. The fourth-order valence-electron chi connectivity index (χ4n) is 1.45. The molecule has 0 spiro atoms. The van der Waals surface area contributed by atoms with Gasteiger partial charge in [0.05, 0.1) is 0 Å². The van der Waals surface area contributed by atoms with Gasteiger partial charge in [0, 0.05) is 19.6 Å². The van der Waals surface area contributed by atoms with Crippen LogP contribution in [0, 0.1) is 12.7 Å². The number of likely N-dealkylation sites (N-methyl/N-ethyl adjacent to an activating group) is 1. The Morgan fingerprint density at radius 2 is 2.00 bits per heavy atom. The summed E-state index contributed by atoms with van der Waals surface area (Å²) in [5.41, 5.74) is 1.98. The van der Waals surface area contributed by atoms with Gasteiger partial charge >= 0.3 is 0 Å². The van der Waals surface area contributed by atoms with E-state index >= 15 is 0 Å². The van der Waals surface area contributed by atoms with Gasteiger partial charge < -0.3 is 10.2 Å². The van der Waals surface area contributed by atoms with Gasteiger partial charge in [0.1, 0.15) is 5.82 Å². The van der Waals surface area contributed by atoms with E-state index in [1.54, 1.807) is 12.1 Å². The summed E-state index contributed by atoms with van der Waals surface area (Å²) in [7, 11) is 4.07. The molecule has 0 unspecified atom stereocenters. The van der Waals surface area contributed by atoms with Crippen molar-refractivity contribution >= 4 is 0 Å². The molecule has 0 heterocycles. The normalized spacial score (nSPS) is 11.0. The van der Waals surface area contributed by atoms with Gasteiger partial charge in [-0.15, -0.1) is 0 Å². The van der Waals surface area contributed by atoms with E-state index < -0.39 is 0 Å². The molecule has 0 aliphatic heterocycles. The van der Waals surface area contributed by atoms with Crippen molar-refractivity contribution in [2.75, 3.05) is 27.2 Å². The Bertz CT molecular complexity index is 290. The highest BCUT2D eigenvalue weighted by Gasteiger charge is 1.97. The highest BCUT2D eigenvalue weighted by Crippen LogP contribution is 2.07. The smallest absolute Gasteiger partial charge is 0.123 e. The van der Waals surface area contributed by atoms with Crippen LogP contribution in [0.1, 0.15) is 11.1 Å². The van der Waals surface area contributed by atoms with E-state index in [4.69, 9.17) is 0 Å². The minimum atomic E-state index is -0.153. The summed E-state index contributed by atoms with van der Waals surface area (Å²) in [6.07, 6.45) is 0. The second kappa shape index (κ2) is 5.83. The van der Waals surface area contributed by atoms with Gasteiger partial charge in [-0.3, -0.25) is 0 Å². The van der Waals surface area contributed by atoms with Crippen LogP contribution in [0.15, 0.2) is 18.2 Å². The van der Waals surface area contributed by atoms with Crippen LogP contribution < -0.4 is 5.32 Å². The molecule has 0 saturated carbocycles. The first-order valence-electron chi connectivity index (χ1n) is 5.19. The van der Waals surface area contributed by atoms with E-state index in [1.165, 1.54) is 0 Å². The highest BCUT2D eigenvalue weighted by molar-refractivity contribution is 5.23. The average molecular weight is 210 g/mol. The highest BCUT2D eigenvalue weighted by atomic mass is 19.1. The summed E-state index contributed by atoms with van der Waals surface area (Å²) < 4.78 is 13.0. The standard InChI is InChI=1S/C12H19FN2/c1-10-6-11(8-12(13)7-10)9-14-4-5-15(2)3/h6-8,14H,4-5,9H2,1-3H3. The molecule has 1 N–H and O–H groups in total. The van der Waals surface area contributed by atoms with Crippen molar-refractivity contribution in [3.8, 4) is 0 Å². The third-order valence-corrected chi connectivity index (χ3v) is 2.17. The summed E-state index contributed by atoms with van der Waals surface area (Å²) in [6, 6.07) is 5.13. The lowest BCUT2D eigenvalue weighted by Gasteiger charge is -2.10. The van der Waals surface area contributed by atoms with E-state index in [-0.39, 0.29) is 5.82 Å². The molecule has 0 aliphatic rings. The molecule has 0 amide bonds. The zero-order valence-electron chi connectivity index (χ0n) is 9.68. The lowest BCUT2D eigenvalue weighted by Crippen LogP contribution is -2.26. The fraction of sp³-hybridized carbons (Fsp3) is 0.500. The first-order chi connectivity index (χ1) is 7.08. The van der Waals surface area contributed by atoms with Crippen molar-refractivity contribution < 1.29 is 4.39 Å². The Hall–Kier alpha value is -0.930. The Labute approximate surface area is 91.1 Å². The maximum Gasteiger partial charge on any atom is 0.123 e. The van der Waals surface area contributed by atoms with Crippen LogP contribution in [0.25, 0.3) is 0 Å². The third kappa shape index (κ3) is 4.91. The molecule has 0 fully saturated rings. The molecule has 0 atom stereocenters. The maximum atomic E-state index is 13.0. The molecular weight excluding hydrogens is 191 g/mol. The van der Waals surface area contributed by atoms with E-state index in [1.807, 2.05) is 27.1 Å². The molecular formula is C12H19FN2. The van der Waals surface area contributed by atoms with Gasteiger partial charge in [-0.25, -0.2) is 4.39 Å². The largest absolute Gasteiger partial charge is 0.311 e. The molecule has 0 radical (unpaired) electrons. The predicted octanol–water partition coefficient (Wildman–Crippen LogP) is 1.79. The van der Waals surface area contributed by atoms with Crippen LogP contribution in [0.4, 0.5) is 4.39 Å². The number of nitrogens with one attached hydrogen (secondary N) is 1. The van der Waals surface area contributed by atoms with Gasteiger partial charge in [0.2, 0.25) is 0 Å². The number of benzene rings is 1. The Balaban J connectivity index is 2.37. The SMILES string of the molecule is Cc1cc(F)cc(CNCCN(C)C)c1. The zero-order valence-corrected chi connectivity index (χ0v) is 9.68. The molecule has 0 aliphatic carbocycles. The zero-order chi connectivity index (χ0) is 11.3. The van der Waals surface area contributed by atoms with Gasteiger partial charge in [-0.1, -0.05) is 6.07 Å². The third-order valence-electron chi connectivity index (χ3n) is 2.17. The molecule has 2 nitrogen and oxygen atoms in total. The summed E-state index contributed by atoms with van der Waals surface area (Å²) in [4.78, 5) is 2.11. The first kappa shape index (κ1) is 12.1. The molecule has 1 aromatic rings. The van der Waals surface area contributed by atoms with Crippen molar-refractivity contribution in [1.82, 2.24) is 10.2 Å². The van der Waals surface area contributed by atoms with E-state index in [9.17, 15) is 4.39 Å². The van der Waals surface area contributed by atoms with Gasteiger partial charge in [-0.2, -0.15) is 0 Å². The molecule has 3 heteroatoms. The van der Waals surface area contributed by atoms with Crippen molar-refractivity contribution in [2.45, 2.75) is 13.5 Å². The van der Waals surface area contributed by atoms with Crippen LogP contribution in [-0.4, -0.2) is 32.1 Å². The van der Waals surface area contributed by atoms with E-state index in [0.717, 1.165) is 30.8 Å². The van der Waals surface area contributed by atoms with Crippen molar-refractivity contribution in [2.24, 2.45) is 0 Å².